The van der Waals surface area contributed by atoms with E-state index in [2.05, 4.69) is 39.5 Å². The van der Waals surface area contributed by atoms with Gasteiger partial charge in [-0.05, 0) is 55.8 Å². The number of nitrogens with one attached hydrogen (secondary N) is 1. The zero-order valence-electron chi connectivity index (χ0n) is 18.5. The Labute approximate surface area is 193 Å². The number of carbonyl (C=O) groups excluding carboxylic acids is 1. The first-order chi connectivity index (χ1) is 16.3. The summed E-state index contributed by atoms with van der Waals surface area (Å²) >= 11 is 0. The molecule has 33 heavy (non-hydrogen) atoms. The van der Waals surface area contributed by atoms with Crippen LogP contribution >= 0.6 is 0 Å². The molecule has 1 aliphatic heterocycles. The smallest absolute Gasteiger partial charge is 0.255 e. The Bertz CT molecular complexity index is 1190. The molecule has 4 aromatic rings. The van der Waals surface area contributed by atoms with Crippen LogP contribution in [-0.2, 0) is 0 Å². The lowest BCUT2D eigenvalue weighted by atomic mass is 10.0. The van der Waals surface area contributed by atoms with Gasteiger partial charge in [-0.2, -0.15) is 5.10 Å². The average molecular weight is 438 g/mol. The van der Waals surface area contributed by atoms with E-state index in [1.54, 1.807) is 23.3 Å². The Morgan fingerprint density at radius 3 is 2.36 bits per heavy atom. The fraction of sp³-hybridized carbons (Fsp3) is 0.222. The molecule has 1 fully saturated rings. The lowest BCUT2D eigenvalue weighted by molar-refractivity contribution is 0.0938. The quantitative estimate of drug-likeness (QED) is 0.462. The van der Waals surface area contributed by atoms with Crippen molar-refractivity contribution >= 4 is 5.91 Å². The van der Waals surface area contributed by atoms with Gasteiger partial charge in [-0.3, -0.25) is 14.7 Å². The van der Waals surface area contributed by atoms with E-state index in [1.165, 1.54) is 18.4 Å². The molecule has 3 heterocycles. The largest absolute Gasteiger partial charge is 0.350 e. The Balaban J connectivity index is 1.43. The third-order valence-corrected chi connectivity index (χ3v) is 6.14. The van der Waals surface area contributed by atoms with Gasteiger partial charge in [0.05, 0.1) is 17.3 Å². The van der Waals surface area contributed by atoms with Gasteiger partial charge in [-0.15, -0.1) is 0 Å². The third-order valence-electron chi connectivity index (χ3n) is 6.14. The monoisotopic (exact) mass is 437 g/mol. The molecule has 6 nitrogen and oxygen atoms in total. The molecular weight excluding hydrogens is 410 g/mol. The van der Waals surface area contributed by atoms with E-state index in [1.807, 2.05) is 48.5 Å². The summed E-state index contributed by atoms with van der Waals surface area (Å²) in [6, 6.07) is 24.2. The van der Waals surface area contributed by atoms with Crippen LogP contribution in [-0.4, -0.2) is 45.2 Å². The summed E-state index contributed by atoms with van der Waals surface area (Å²) in [7, 11) is 0. The molecule has 5 rings (SSSR count). The number of amides is 1. The number of hydrogen-bond donors (Lipinski definition) is 1. The highest BCUT2D eigenvalue weighted by atomic mass is 16.1. The second-order valence-corrected chi connectivity index (χ2v) is 8.29. The number of benzene rings is 2. The highest BCUT2D eigenvalue weighted by molar-refractivity contribution is 5.99. The molecule has 166 valence electrons. The zero-order valence-corrected chi connectivity index (χ0v) is 18.5. The van der Waals surface area contributed by atoms with Gasteiger partial charge in [-0.1, -0.05) is 48.5 Å². The van der Waals surface area contributed by atoms with Crippen LogP contribution in [0.4, 0.5) is 0 Å². The van der Waals surface area contributed by atoms with Gasteiger partial charge in [0.1, 0.15) is 5.69 Å². The Morgan fingerprint density at radius 2 is 1.67 bits per heavy atom. The number of para-hydroxylation sites is 1. The maximum Gasteiger partial charge on any atom is 0.255 e. The van der Waals surface area contributed by atoms with E-state index in [9.17, 15) is 4.79 Å². The second-order valence-electron chi connectivity index (χ2n) is 8.29. The van der Waals surface area contributed by atoms with Crippen molar-refractivity contribution in [2.24, 2.45) is 0 Å². The maximum atomic E-state index is 13.4. The molecule has 6 heteroatoms. The molecule has 1 atom stereocenters. The highest BCUT2D eigenvalue weighted by Gasteiger charge is 2.25. The maximum absolute atomic E-state index is 13.4. The van der Waals surface area contributed by atoms with E-state index >= 15 is 0 Å². The molecule has 2 aromatic carbocycles. The summed E-state index contributed by atoms with van der Waals surface area (Å²) in [5.74, 6) is -0.129. The molecule has 0 aliphatic carbocycles. The molecule has 1 amide bonds. The van der Waals surface area contributed by atoms with Gasteiger partial charge in [0.15, 0.2) is 0 Å². The molecule has 1 aliphatic rings. The second kappa shape index (κ2) is 9.79. The van der Waals surface area contributed by atoms with Gasteiger partial charge in [0.25, 0.3) is 5.91 Å². The van der Waals surface area contributed by atoms with Gasteiger partial charge in [0.2, 0.25) is 0 Å². The van der Waals surface area contributed by atoms with Gasteiger partial charge in [0, 0.05) is 30.7 Å². The van der Waals surface area contributed by atoms with Gasteiger partial charge in [-0.25, -0.2) is 4.68 Å². The van der Waals surface area contributed by atoms with Crippen LogP contribution in [0.1, 0.15) is 34.8 Å². The minimum Gasteiger partial charge on any atom is -0.350 e. The van der Waals surface area contributed by atoms with Crippen molar-refractivity contribution in [3.63, 3.8) is 0 Å². The van der Waals surface area contributed by atoms with E-state index in [-0.39, 0.29) is 11.9 Å². The Morgan fingerprint density at radius 1 is 0.939 bits per heavy atom. The topological polar surface area (TPSA) is 63.1 Å². The summed E-state index contributed by atoms with van der Waals surface area (Å²) in [6.45, 7) is 2.66. The van der Waals surface area contributed by atoms with Crippen LogP contribution in [0.15, 0.2) is 91.4 Å². The number of carbonyl (C=O) groups is 1. The third kappa shape index (κ3) is 4.71. The fourth-order valence-electron chi connectivity index (χ4n) is 4.44. The van der Waals surface area contributed by atoms with Crippen molar-refractivity contribution in [2.45, 2.75) is 18.9 Å². The molecule has 1 saturated heterocycles. The van der Waals surface area contributed by atoms with E-state index in [4.69, 9.17) is 5.10 Å². The van der Waals surface area contributed by atoms with Crippen LogP contribution in [0.25, 0.3) is 16.9 Å². The minimum atomic E-state index is -0.129. The highest BCUT2D eigenvalue weighted by Crippen LogP contribution is 2.26. The molecule has 1 unspecified atom stereocenters. The van der Waals surface area contributed by atoms with Crippen molar-refractivity contribution in [3.8, 4) is 16.9 Å². The number of pyridine rings is 1. The van der Waals surface area contributed by atoms with Crippen molar-refractivity contribution in [2.75, 3.05) is 19.6 Å². The molecule has 0 radical (unpaired) electrons. The van der Waals surface area contributed by atoms with Crippen molar-refractivity contribution in [3.05, 3.63) is 103 Å². The summed E-state index contributed by atoms with van der Waals surface area (Å²) in [5.41, 5.74) is 4.12. The Kier molecular flexibility index (Phi) is 6.26. The summed E-state index contributed by atoms with van der Waals surface area (Å²) in [5, 5.41) is 7.93. The molecule has 2 aromatic heterocycles. The number of aromatic nitrogens is 3. The summed E-state index contributed by atoms with van der Waals surface area (Å²) in [6.07, 6.45) is 7.67. The average Bonchev–Trinajstić information content (AvgIpc) is 3.57. The van der Waals surface area contributed by atoms with Gasteiger partial charge >= 0.3 is 0 Å². The predicted octanol–water partition coefficient (Wildman–Crippen LogP) is 4.50. The van der Waals surface area contributed by atoms with Crippen molar-refractivity contribution in [1.29, 1.82) is 0 Å². The van der Waals surface area contributed by atoms with Crippen molar-refractivity contribution in [1.82, 2.24) is 25.0 Å². The molecule has 0 bridgehead atoms. The van der Waals surface area contributed by atoms with E-state index in [0.29, 0.717) is 17.8 Å². The number of nitrogens with zero attached hydrogens (tertiary/aromatic N) is 4. The zero-order chi connectivity index (χ0) is 22.5. The predicted molar refractivity (Wildman–Crippen MR) is 129 cm³/mol. The van der Waals surface area contributed by atoms with Crippen LogP contribution < -0.4 is 5.32 Å². The first-order valence-corrected chi connectivity index (χ1v) is 11.4. The number of likely N-dealkylation sites (tertiary alicyclic amines) is 1. The van der Waals surface area contributed by atoms with Crippen molar-refractivity contribution < 1.29 is 4.79 Å². The van der Waals surface area contributed by atoms with Crippen LogP contribution in [0, 0.1) is 0 Å². The van der Waals surface area contributed by atoms with E-state index in [0.717, 1.165) is 24.3 Å². The summed E-state index contributed by atoms with van der Waals surface area (Å²) in [4.78, 5) is 20.1. The molecule has 0 saturated carbocycles. The minimum absolute atomic E-state index is 0.129. The molecule has 1 N–H and O–H groups in total. The number of hydrogen-bond acceptors (Lipinski definition) is 4. The standard InChI is InChI=1S/C27H27N5O/c33-27(29-19-25(31-16-7-8-17-31)21-10-3-1-4-11-21)24-20-32(23-13-5-2-6-14-23)30-26(24)22-12-9-15-28-18-22/h1-6,9-15,18,20,25H,7-8,16-17,19H2,(H,29,33). The van der Waals surface area contributed by atoms with E-state index < -0.39 is 0 Å². The van der Waals surface area contributed by atoms with Gasteiger partial charge < -0.3 is 5.32 Å². The lowest BCUT2D eigenvalue weighted by Gasteiger charge is -2.28. The molecule has 0 spiro atoms. The molecular formula is C27H27N5O. The lowest BCUT2D eigenvalue weighted by Crippen LogP contribution is -2.36. The SMILES string of the molecule is O=C(NCC(c1ccccc1)N1CCCC1)c1cn(-c2ccccc2)nc1-c1cccnc1. The Hall–Kier alpha value is -3.77. The first kappa shape index (κ1) is 21.1. The summed E-state index contributed by atoms with van der Waals surface area (Å²) < 4.78 is 1.76. The van der Waals surface area contributed by atoms with Crippen LogP contribution in [0.2, 0.25) is 0 Å². The first-order valence-electron chi connectivity index (χ1n) is 11.4. The fourth-order valence-corrected chi connectivity index (χ4v) is 4.44. The van der Waals surface area contributed by atoms with Crippen LogP contribution in [0.3, 0.4) is 0 Å². The number of rotatable bonds is 7. The van der Waals surface area contributed by atoms with Crippen LogP contribution in [0.5, 0.6) is 0 Å². The normalized spacial score (nSPS) is 14.8.